The third kappa shape index (κ3) is 2.77. The summed E-state index contributed by atoms with van der Waals surface area (Å²) >= 11 is 0. The zero-order valence-electron chi connectivity index (χ0n) is 14.3. The number of nitrogens with one attached hydrogen (secondary N) is 2. The molecular weight excluding hydrogens is 338 g/mol. The molecule has 2 N–H and O–H groups in total. The average molecular weight is 353 g/mol. The fourth-order valence-electron chi connectivity index (χ4n) is 3.23. The number of nitrogens with zero attached hydrogens (tertiary/aromatic N) is 3. The van der Waals surface area contributed by atoms with Gasteiger partial charge in [-0.05, 0) is 29.8 Å². The number of aromatic amines is 2. The molecule has 0 saturated heterocycles. The Balaban J connectivity index is 1.55. The Kier molecular flexibility index (Phi) is 3.53. The van der Waals surface area contributed by atoms with Crippen LogP contribution in [-0.4, -0.2) is 30.9 Å². The molecule has 27 heavy (non-hydrogen) atoms. The molecule has 0 bridgehead atoms. The monoisotopic (exact) mass is 353 g/mol. The zero-order valence-corrected chi connectivity index (χ0v) is 14.3. The highest BCUT2D eigenvalue weighted by molar-refractivity contribution is 6.02. The normalized spacial score (nSPS) is 11.3. The second-order valence-corrected chi connectivity index (χ2v) is 6.39. The van der Waals surface area contributed by atoms with E-state index in [1.807, 2.05) is 54.6 Å². The molecule has 0 aliphatic rings. The van der Waals surface area contributed by atoms with Gasteiger partial charge in [0.05, 0.1) is 22.2 Å². The molecule has 1 aromatic carbocycles. The van der Waals surface area contributed by atoms with E-state index in [1.54, 1.807) is 12.4 Å². The molecule has 0 atom stereocenters. The minimum Gasteiger partial charge on any atom is -0.351 e. The van der Waals surface area contributed by atoms with Crippen LogP contribution in [0.15, 0.2) is 67.0 Å². The lowest BCUT2D eigenvalue weighted by atomic mass is 10.1. The number of benzene rings is 1. The molecule has 0 radical (unpaired) electrons. The van der Waals surface area contributed by atoms with Crippen LogP contribution in [0.2, 0.25) is 0 Å². The average Bonchev–Trinajstić information content (AvgIpc) is 3.31. The quantitative estimate of drug-likeness (QED) is 0.479. The third-order valence-electron chi connectivity index (χ3n) is 4.58. The molecule has 4 heterocycles. The molecule has 0 spiro atoms. The van der Waals surface area contributed by atoms with Gasteiger partial charge >= 0.3 is 0 Å². The highest BCUT2D eigenvalue weighted by atomic mass is 16.1. The smallest absolute Gasteiger partial charge is 0.183 e. The highest BCUT2D eigenvalue weighted by Crippen LogP contribution is 2.27. The molecule has 0 aliphatic carbocycles. The van der Waals surface area contributed by atoms with E-state index in [0.29, 0.717) is 12.1 Å². The summed E-state index contributed by atoms with van der Waals surface area (Å²) < 4.78 is 0. The molecule has 6 nitrogen and oxygen atoms in total. The number of carbonyl (C=O) groups is 1. The van der Waals surface area contributed by atoms with Gasteiger partial charge in [-0.3, -0.25) is 14.9 Å². The first kappa shape index (κ1) is 15.5. The fraction of sp³-hybridized carbons (Fsp3) is 0.0476. The second kappa shape index (κ2) is 6.17. The fourth-order valence-corrected chi connectivity index (χ4v) is 3.23. The Morgan fingerprint density at radius 3 is 2.59 bits per heavy atom. The molecular formula is C21H15N5O. The number of Topliss-reactive ketones (excluding diaryl/α,β-unsaturated/α-hetero) is 1. The summed E-state index contributed by atoms with van der Waals surface area (Å²) in [5.74, 6) is 0.0374. The summed E-state index contributed by atoms with van der Waals surface area (Å²) in [6.07, 6.45) is 3.81. The summed E-state index contributed by atoms with van der Waals surface area (Å²) in [5.41, 5.74) is 6.41. The van der Waals surface area contributed by atoms with E-state index in [0.717, 1.165) is 38.9 Å². The molecule has 6 heteroatoms. The maximum Gasteiger partial charge on any atom is 0.183 e. The minimum atomic E-state index is 0.0374. The molecule has 0 unspecified atom stereocenters. The van der Waals surface area contributed by atoms with Crippen molar-refractivity contribution in [3.8, 4) is 11.3 Å². The van der Waals surface area contributed by atoms with Crippen molar-refractivity contribution in [1.82, 2.24) is 25.1 Å². The van der Waals surface area contributed by atoms with Crippen LogP contribution >= 0.6 is 0 Å². The summed E-state index contributed by atoms with van der Waals surface area (Å²) in [4.78, 5) is 24.6. The van der Waals surface area contributed by atoms with Crippen molar-refractivity contribution in [1.29, 1.82) is 0 Å². The molecule has 0 aliphatic heterocycles. The number of aromatic nitrogens is 5. The third-order valence-corrected chi connectivity index (χ3v) is 4.58. The van der Waals surface area contributed by atoms with E-state index in [9.17, 15) is 4.79 Å². The van der Waals surface area contributed by atoms with Gasteiger partial charge in [0.25, 0.3) is 0 Å². The molecule has 130 valence electrons. The van der Waals surface area contributed by atoms with E-state index >= 15 is 0 Å². The predicted molar refractivity (Wildman–Crippen MR) is 103 cm³/mol. The van der Waals surface area contributed by atoms with Crippen molar-refractivity contribution in [2.24, 2.45) is 0 Å². The summed E-state index contributed by atoms with van der Waals surface area (Å²) in [7, 11) is 0. The number of pyridine rings is 2. The number of hydrogen-bond acceptors (Lipinski definition) is 4. The molecule has 5 rings (SSSR count). The largest absolute Gasteiger partial charge is 0.351 e. The van der Waals surface area contributed by atoms with E-state index in [4.69, 9.17) is 4.98 Å². The lowest BCUT2D eigenvalue weighted by molar-refractivity contribution is 0.0989. The van der Waals surface area contributed by atoms with E-state index < -0.39 is 0 Å². The van der Waals surface area contributed by atoms with Gasteiger partial charge in [-0.1, -0.05) is 30.3 Å². The van der Waals surface area contributed by atoms with Crippen LogP contribution in [0.3, 0.4) is 0 Å². The first-order chi connectivity index (χ1) is 13.3. The van der Waals surface area contributed by atoms with Crippen LogP contribution in [0.5, 0.6) is 0 Å². The lowest BCUT2D eigenvalue weighted by Crippen LogP contribution is -2.03. The first-order valence-corrected chi connectivity index (χ1v) is 8.63. The van der Waals surface area contributed by atoms with Crippen molar-refractivity contribution >= 4 is 27.9 Å². The van der Waals surface area contributed by atoms with Gasteiger partial charge in [-0.15, -0.1) is 0 Å². The van der Waals surface area contributed by atoms with E-state index in [2.05, 4.69) is 20.2 Å². The molecule has 0 amide bonds. The summed E-state index contributed by atoms with van der Waals surface area (Å²) in [6, 6.07) is 17.3. The Labute approximate surface area is 154 Å². The van der Waals surface area contributed by atoms with Gasteiger partial charge in [0.2, 0.25) is 0 Å². The highest BCUT2D eigenvalue weighted by Gasteiger charge is 2.15. The van der Waals surface area contributed by atoms with Crippen LogP contribution < -0.4 is 0 Å². The molecule has 5 aromatic rings. The van der Waals surface area contributed by atoms with Gasteiger partial charge < -0.3 is 4.98 Å². The zero-order chi connectivity index (χ0) is 18.2. The van der Waals surface area contributed by atoms with Crippen molar-refractivity contribution in [2.75, 3.05) is 0 Å². The maximum atomic E-state index is 12.6. The molecule has 4 aromatic heterocycles. The van der Waals surface area contributed by atoms with Gasteiger partial charge in [-0.2, -0.15) is 5.10 Å². The molecule has 0 fully saturated rings. The number of ketones is 1. The van der Waals surface area contributed by atoms with Crippen molar-refractivity contribution in [3.05, 3.63) is 78.2 Å². The number of H-pyrrole nitrogens is 2. The number of hydrogen-bond donors (Lipinski definition) is 2. The van der Waals surface area contributed by atoms with Crippen LogP contribution in [0.1, 0.15) is 16.1 Å². The van der Waals surface area contributed by atoms with E-state index in [-0.39, 0.29) is 5.78 Å². The van der Waals surface area contributed by atoms with Crippen LogP contribution in [0.4, 0.5) is 0 Å². The summed E-state index contributed by atoms with van der Waals surface area (Å²) in [6.45, 7) is 0. The second-order valence-electron chi connectivity index (χ2n) is 6.39. The Bertz CT molecular complexity index is 1260. The van der Waals surface area contributed by atoms with Gasteiger partial charge in [-0.25, -0.2) is 4.98 Å². The lowest BCUT2D eigenvalue weighted by Gasteiger charge is -1.98. The SMILES string of the molecule is O=C(Cc1ccccc1)c1cc2nc3c(-c4ccncc4)n[nH]c3cc2[nH]1. The summed E-state index contributed by atoms with van der Waals surface area (Å²) in [5, 5.41) is 7.40. The Morgan fingerprint density at radius 2 is 1.78 bits per heavy atom. The van der Waals surface area contributed by atoms with Crippen LogP contribution in [-0.2, 0) is 6.42 Å². The van der Waals surface area contributed by atoms with Crippen molar-refractivity contribution in [2.45, 2.75) is 6.42 Å². The van der Waals surface area contributed by atoms with Crippen LogP contribution in [0, 0.1) is 0 Å². The first-order valence-electron chi connectivity index (χ1n) is 8.63. The standard InChI is InChI=1S/C21H15N5O/c27-19(10-13-4-2-1-3-5-13)17-11-16-15(23-17)12-18-21(24-16)20(26-25-18)14-6-8-22-9-7-14/h1-9,11-12,23H,10H2,(H,25,26). The Morgan fingerprint density at radius 1 is 0.963 bits per heavy atom. The molecule has 0 saturated carbocycles. The maximum absolute atomic E-state index is 12.6. The number of rotatable bonds is 4. The predicted octanol–water partition coefficient (Wildman–Crippen LogP) is 3.93. The minimum absolute atomic E-state index is 0.0374. The van der Waals surface area contributed by atoms with Crippen molar-refractivity contribution < 1.29 is 4.79 Å². The van der Waals surface area contributed by atoms with Crippen LogP contribution in [0.25, 0.3) is 33.3 Å². The van der Waals surface area contributed by atoms with Gasteiger partial charge in [0.1, 0.15) is 11.2 Å². The van der Waals surface area contributed by atoms with Crippen molar-refractivity contribution in [3.63, 3.8) is 0 Å². The topological polar surface area (TPSA) is 87.3 Å². The van der Waals surface area contributed by atoms with Gasteiger partial charge in [0, 0.05) is 24.4 Å². The number of fused-ring (bicyclic) bond motifs is 2. The van der Waals surface area contributed by atoms with E-state index in [1.165, 1.54) is 0 Å². The van der Waals surface area contributed by atoms with Gasteiger partial charge in [0.15, 0.2) is 5.78 Å². The number of carbonyl (C=O) groups excluding carboxylic acids is 1. The Hall–Kier alpha value is -3.80.